The molecule has 0 N–H and O–H groups in total. The monoisotopic (exact) mass is 401 g/mol. The highest BCUT2D eigenvalue weighted by Crippen LogP contribution is 2.51. The van der Waals surface area contributed by atoms with Gasteiger partial charge in [0, 0.05) is 41.6 Å². The number of carbonyl (C=O) groups is 1. The smallest absolute Gasteiger partial charge is 0.258 e. The third-order valence-corrected chi connectivity index (χ3v) is 8.57. The number of likely N-dealkylation sites (tertiary alicyclic amines) is 1. The van der Waals surface area contributed by atoms with E-state index < -0.39 is 0 Å². The number of carbonyl (C=O) groups excluding carboxylic acids is 1. The van der Waals surface area contributed by atoms with Gasteiger partial charge in [-0.1, -0.05) is 24.1 Å². The third kappa shape index (κ3) is 2.84. The molecular weight excluding hydrogens is 370 g/mol. The lowest BCUT2D eigenvalue weighted by atomic mass is 9.73. The summed E-state index contributed by atoms with van der Waals surface area (Å²) < 4.78 is 0. The molecule has 30 heavy (non-hydrogen) atoms. The van der Waals surface area contributed by atoms with E-state index in [1.807, 2.05) is 17.0 Å². The summed E-state index contributed by atoms with van der Waals surface area (Å²) >= 11 is 0. The van der Waals surface area contributed by atoms with Crippen LogP contribution in [-0.2, 0) is 5.41 Å². The van der Waals surface area contributed by atoms with Gasteiger partial charge in [-0.3, -0.25) is 9.78 Å². The first-order valence-corrected chi connectivity index (χ1v) is 11.7. The molecule has 2 aliphatic heterocycles. The molecule has 3 fully saturated rings. The van der Waals surface area contributed by atoms with E-state index in [2.05, 4.69) is 35.0 Å². The number of aromatic nitrogens is 1. The highest BCUT2D eigenvalue weighted by atomic mass is 16.2. The van der Waals surface area contributed by atoms with E-state index in [1.165, 1.54) is 49.9 Å². The van der Waals surface area contributed by atoms with Crippen LogP contribution < -0.4 is 4.90 Å². The van der Waals surface area contributed by atoms with Gasteiger partial charge < -0.3 is 9.80 Å². The number of aryl methyl sites for hydroxylation is 1. The van der Waals surface area contributed by atoms with Crippen molar-refractivity contribution >= 4 is 11.6 Å². The zero-order chi connectivity index (χ0) is 20.3. The van der Waals surface area contributed by atoms with Crippen molar-refractivity contribution in [3.63, 3.8) is 0 Å². The van der Waals surface area contributed by atoms with Crippen LogP contribution in [0, 0.1) is 18.8 Å². The van der Waals surface area contributed by atoms with Gasteiger partial charge in [-0.05, 0) is 87.7 Å². The minimum atomic E-state index is 0.106. The summed E-state index contributed by atoms with van der Waals surface area (Å²) in [5.41, 5.74) is 4.65. The molecule has 3 atom stereocenters. The number of anilines is 1. The van der Waals surface area contributed by atoms with Gasteiger partial charge in [0.25, 0.3) is 5.91 Å². The van der Waals surface area contributed by atoms with E-state index in [9.17, 15) is 4.79 Å². The molecule has 1 amide bonds. The van der Waals surface area contributed by atoms with Gasteiger partial charge in [0.1, 0.15) is 0 Å². The molecule has 1 spiro atoms. The Morgan fingerprint density at radius 1 is 1.07 bits per heavy atom. The molecule has 3 heterocycles. The molecule has 4 aliphatic rings. The Kier molecular flexibility index (Phi) is 4.28. The van der Waals surface area contributed by atoms with Gasteiger partial charge in [-0.2, -0.15) is 0 Å². The molecule has 6 rings (SSSR count). The van der Waals surface area contributed by atoms with E-state index in [4.69, 9.17) is 0 Å². The molecule has 1 aromatic heterocycles. The van der Waals surface area contributed by atoms with E-state index in [0.29, 0.717) is 0 Å². The number of amides is 1. The van der Waals surface area contributed by atoms with Crippen molar-refractivity contribution in [3.05, 3.63) is 59.4 Å². The number of pyridine rings is 1. The molecule has 156 valence electrons. The molecule has 2 bridgehead atoms. The van der Waals surface area contributed by atoms with Crippen LogP contribution in [0.5, 0.6) is 0 Å². The van der Waals surface area contributed by atoms with Crippen LogP contribution >= 0.6 is 0 Å². The number of nitrogens with zero attached hydrogens (tertiary/aromatic N) is 3. The van der Waals surface area contributed by atoms with Crippen LogP contribution in [0.25, 0.3) is 0 Å². The SMILES string of the molecule is Cc1ccc2c(c1)C1(CCN(C3CC4CCC3C4)CC1)CN2C(=O)c1ccncc1. The molecule has 2 saturated carbocycles. The van der Waals surface area contributed by atoms with Crippen molar-refractivity contribution in [3.8, 4) is 0 Å². The van der Waals surface area contributed by atoms with Crippen LogP contribution in [0.4, 0.5) is 5.69 Å². The van der Waals surface area contributed by atoms with E-state index >= 15 is 0 Å². The fourth-order valence-electron chi connectivity index (χ4n) is 6.98. The van der Waals surface area contributed by atoms with Crippen LogP contribution in [0.1, 0.15) is 60.0 Å². The fourth-order valence-corrected chi connectivity index (χ4v) is 6.98. The van der Waals surface area contributed by atoms with Gasteiger partial charge in [0.2, 0.25) is 0 Å². The van der Waals surface area contributed by atoms with Crippen LogP contribution in [0.3, 0.4) is 0 Å². The highest BCUT2D eigenvalue weighted by molar-refractivity contribution is 6.07. The second-order valence-electron chi connectivity index (χ2n) is 10.2. The Hall–Kier alpha value is -2.20. The fraction of sp³-hybridized carbons (Fsp3) is 0.538. The summed E-state index contributed by atoms with van der Waals surface area (Å²) in [7, 11) is 0. The largest absolute Gasteiger partial charge is 0.307 e. The van der Waals surface area contributed by atoms with Crippen molar-refractivity contribution in [2.75, 3.05) is 24.5 Å². The molecule has 1 aromatic carbocycles. The maximum Gasteiger partial charge on any atom is 0.258 e. The number of piperidine rings is 1. The standard InChI is InChI=1S/C26H31N3O/c1-18-2-5-23-22(14-18)26(17-29(23)25(30)20-6-10-27-11-7-20)8-12-28(13-9-26)24-16-19-3-4-21(24)15-19/h2,5-7,10-11,14,19,21,24H,3-4,8-9,12-13,15-17H2,1H3. The van der Waals surface area contributed by atoms with Crippen molar-refractivity contribution < 1.29 is 4.79 Å². The molecule has 3 unspecified atom stereocenters. The van der Waals surface area contributed by atoms with Crippen molar-refractivity contribution in [1.82, 2.24) is 9.88 Å². The number of benzene rings is 1. The lowest BCUT2D eigenvalue weighted by Crippen LogP contribution is -2.50. The van der Waals surface area contributed by atoms with E-state index in [-0.39, 0.29) is 11.3 Å². The average molecular weight is 402 g/mol. The first kappa shape index (κ1) is 18.6. The first-order chi connectivity index (χ1) is 14.6. The van der Waals surface area contributed by atoms with Crippen molar-refractivity contribution in [2.24, 2.45) is 11.8 Å². The van der Waals surface area contributed by atoms with Gasteiger partial charge >= 0.3 is 0 Å². The molecule has 0 radical (unpaired) electrons. The Bertz CT molecular complexity index is 963. The predicted octanol–water partition coefficient (Wildman–Crippen LogP) is 4.57. The summed E-state index contributed by atoms with van der Waals surface area (Å²) in [6.45, 7) is 5.35. The molecule has 4 nitrogen and oxygen atoms in total. The van der Waals surface area contributed by atoms with E-state index in [0.717, 1.165) is 48.5 Å². The molecule has 2 aromatic rings. The minimum absolute atomic E-state index is 0.106. The topological polar surface area (TPSA) is 36.4 Å². The zero-order valence-corrected chi connectivity index (χ0v) is 17.9. The lowest BCUT2D eigenvalue weighted by molar-refractivity contribution is 0.0847. The first-order valence-electron chi connectivity index (χ1n) is 11.7. The summed E-state index contributed by atoms with van der Waals surface area (Å²) in [6.07, 6.45) is 11.6. The van der Waals surface area contributed by atoms with Gasteiger partial charge in [-0.15, -0.1) is 0 Å². The van der Waals surface area contributed by atoms with Gasteiger partial charge in [-0.25, -0.2) is 0 Å². The van der Waals surface area contributed by atoms with Crippen LogP contribution in [-0.4, -0.2) is 41.5 Å². The Morgan fingerprint density at radius 3 is 2.57 bits per heavy atom. The molecular formula is C26H31N3O. The normalized spacial score (nSPS) is 29.5. The number of rotatable bonds is 2. The highest BCUT2D eigenvalue weighted by Gasteiger charge is 2.49. The second kappa shape index (κ2) is 6.91. The Labute approximate surface area is 179 Å². The quantitative estimate of drug-likeness (QED) is 0.739. The molecule has 1 saturated heterocycles. The molecule has 4 heteroatoms. The van der Waals surface area contributed by atoms with Crippen molar-refractivity contribution in [2.45, 2.75) is 56.9 Å². The van der Waals surface area contributed by atoms with Crippen LogP contribution in [0.2, 0.25) is 0 Å². The second-order valence-corrected chi connectivity index (χ2v) is 10.2. The van der Waals surface area contributed by atoms with Gasteiger partial charge in [0.05, 0.1) is 0 Å². The predicted molar refractivity (Wildman–Crippen MR) is 119 cm³/mol. The third-order valence-electron chi connectivity index (χ3n) is 8.57. The van der Waals surface area contributed by atoms with Crippen LogP contribution in [0.15, 0.2) is 42.7 Å². The van der Waals surface area contributed by atoms with Crippen molar-refractivity contribution in [1.29, 1.82) is 0 Å². The van der Waals surface area contributed by atoms with E-state index in [1.54, 1.807) is 12.4 Å². The maximum absolute atomic E-state index is 13.4. The number of hydrogen-bond acceptors (Lipinski definition) is 3. The Balaban J connectivity index is 1.27. The summed E-state index contributed by atoms with van der Waals surface area (Å²) in [5, 5.41) is 0. The maximum atomic E-state index is 13.4. The summed E-state index contributed by atoms with van der Waals surface area (Å²) in [5.74, 6) is 2.06. The van der Waals surface area contributed by atoms with Gasteiger partial charge in [0.15, 0.2) is 0 Å². The number of hydrogen-bond donors (Lipinski definition) is 0. The Morgan fingerprint density at radius 2 is 1.87 bits per heavy atom. The number of fused-ring (bicyclic) bond motifs is 4. The summed E-state index contributed by atoms with van der Waals surface area (Å²) in [4.78, 5) is 22.3. The minimum Gasteiger partial charge on any atom is -0.307 e. The molecule has 2 aliphatic carbocycles. The average Bonchev–Trinajstić information content (AvgIpc) is 3.49. The lowest BCUT2D eigenvalue weighted by Gasteiger charge is -2.44. The zero-order valence-electron chi connectivity index (χ0n) is 17.9. The summed E-state index contributed by atoms with van der Waals surface area (Å²) in [6, 6.07) is 11.2.